The lowest BCUT2D eigenvalue weighted by molar-refractivity contribution is 0.0768. The molecular formula is C14H17NOS. The number of aryl methyl sites for hydroxylation is 1. The van der Waals surface area contributed by atoms with Crippen molar-refractivity contribution in [2.24, 2.45) is 0 Å². The van der Waals surface area contributed by atoms with E-state index in [0.717, 1.165) is 35.5 Å². The van der Waals surface area contributed by atoms with Crippen molar-refractivity contribution >= 4 is 18.5 Å². The Balaban J connectivity index is 2.23. The first kappa shape index (κ1) is 12.2. The smallest absolute Gasteiger partial charge is 0.254 e. The highest BCUT2D eigenvalue weighted by Crippen LogP contribution is 2.18. The summed E-state index contributed by atoms with van der Waals surface area (Å²) in [6.45, 7) is 5.62. The van der Waals surface area contributed by atoms with Crippen molar-refractivity contribution in [2.75, 3.05) is 13.1 Å². The quantitative estimate of drug-likeness (QED) is 0.597. The van der Waals surface area contributed by atoms with E-state index >= 15 is 0 Å². The van der Waals surface area contributed by atoms with E-state index in [1.807, 2.05) is 30.0 Å². The van der Waals surface area contributed by atoms with Crippen LogP contribution in [0.1, 0.15) is 29.3 Å². The Morgan fingerprint density at radius 3 is 2.76 bits per heavy atom. The standard InChI is InChI=1S/C14H17NOS/c1-10-5-7-15(8-6-10)14(16)13-9-12(17)4-3-11(13)2/h3-5,9,17H,6-8H2,1-2H3. The number of benzene rings is 1. The molecule has 0 saturated heterocycles. The van der Waals surface area contributed by atoms with Gasteiger partial charge in [0.25, 0.3) is 5.91 Å². The van der Waals surface area contributed by atoms with Gasteiger partial charge in [-0.2, -0.15) is 0 Å². The molecule has 1 aliphatic rings. The molecule has 0 aromatic heterocycles. The molecular weight excluding hydrogens is 230 g/mol. The highest BCUT2D eigenvalue weighted by Gasteiger charge is 2.19. The molecule has 1 aliphatic heterocycles. The van der Waals surface area contributed by atoms with Crippen molar-refractivity contribution in [3.05, 3.63) is 41.0 Å². The highest BCUT2D eigenvalue weighted by atomic mass is 32.1. The lowest BCUT2D eigenvalue weighted by atomic mass is 10.1. The van der Waals surface area contributed by atoms with E-state index in [0.29, 0.717) is 0 Å². The second-order valence-corrected chi connectivity index (χ2v) is 5.07. The molecule has 1 amide bonds. The molecule has 17 heavy (non-hydrogen) atoms. The summed E-state index contributed by atoms with van der Waals surface area (Å²) in [6, 6.07) is 5.71. The van der Waals surface area contributed by atoms with Crippen LogP contribution >= 0.6 is 12.6 Å². The number of amides is 1. The lowest BCUT2D eigenvalue weighted by Gasteiger charge is -2.26. The molecule has 1 heterocycles. The third-order valence-electron chi connectivity index (χ3n) is 3.17. The molecule has 0 aliphatic carbocycles. The molecule has 0 radical (unpaired) electrons. The van der Waals surface area contributed by atoms with Gasteiger partial charge in [0, 0.05) is 23.5 Å². The summed E-state index contributed by atoms with van der Waals surface area (Å²) in [5.74, 6) is 0.113. The maximum absolute atomic E-state index is 12.3. The van der Waals surface area contributed by atoms with Crippen LogP contribution < -0.4 is 0 Å². The molecule has 0 atom stereocenters. The van der Waals surface area contributed by atoms with Crippen molar-refractivity contribution in [2.45, 2.75) is 25.2 Å². The van der Waals surface area contributed by atoms with E-state index in [1.165, 1.54) is 5.57 Å². The van der Waals surface area contributed by atoms with Crippen LogP contribution in [0.15, 0.2) is 34.7 Å². The monoisotopic (exact) mass is 247 g/mol. The predicted octanol–water partition coefficient (Wildman–Crippen LogP) is 3.08. The first-order chi connectivity index (χ1) is 8.08. The normalized spacial score (nSPS) is 15.7. The van der Waals surface area contributed by atoms with Crippen LogP contribution in [0.4, 0.5) is 0 Å². The summed E-state index contributed by atoms with van der Waals surface area (Å²) >= 11 is 4.29. The van der Waals surface area contributed by atoms with Gasteiger partial charge in [0.1, 0.15) is 0 Å². The number of carbonyl (C=O) groups excluding carboxylic acids is 1. The van der Waals surface area contributed by atoms with E-state index in [-0.39, 0.29) is 5.91 Å². The summed E-state index contributed by atoms with van der Waals surface area (Å²) in [5.41, 5.74) is 3.15. The Hall–Kier alpha value is -1.22. The van der Waals surface area contributed by atoms with Gasteiger partial charge in [-0.3, -0.25) is 4.79 Å². The zero-order valence-corrected chi connectivity index (χ0v) is 11.1. The number of rotatable bonds is 1. The van der Waals surface area contributed by atoms with Gasteiger partial charge in [-0.1, -0.05) is 17.7 Å². The lowest BCUT2D eigenvalue weighted by Crippen LogP contribution is -2.35. The molecule has 0 fully saturated rings. The van der Waals surface area contributed by atoms with Crippen molar-refractivity contribution in [3.63, 3.8) is 0 Å². The van der Waals surface area contributed by atoms with E-state index in [4.69, 9.17) is 0 Å². The number of thiol groups is 1. The van der Waals surface area contributed by atoms with Gasteiger partial charge in [-0.15, -0.1) is 12.6 Å². The summed E-state index contributed by atoms with van der Waals surface area (Å²) < 4.78 is 0. The number of hydrogen-bond acceptors (Lipinski definition) is 2. The van der Waals surface area contributed by atoms with Crippen LogP contribution in [0.25, 0.3) is 0 Å². The van der Waals surface area contributed by atoms with Gasteiger partial charge >= 0.3 is 0 Å². The van der Waals surface area contributed by atoms with Crippen LogP contribution in [0.2, 0.25) is 0 Å². The third kappa shape index (κ3) is 2.72. The topological polar surface area (TPSA) is 20.3 Å². The molecule has 1 aromatic rings. The molecule has 0 spiro atoms. The number of nitrogens with zero attached hydrogens (tertiary/aromatic N) is 1. The Labute approximate surface area is 108 Å². The molecule has 0 bridgehead atoms. The Bertz CT molecular complexity index is 479. The summed E-state index contributed by atoms with van der Waals surface area (Å²) in [6.07, 6.45) is 3.10. The Kier molecular flexibility index (Phi) is 3.57. The Morgan fingerprint density at radius 1 is 1.35 bits per heavy atom. The molecule has 2 rings (SSSR count). The van der Waals surface area contributed by atoms with E-state index in [1.54, 1.807) is 0 Å². The maximum Gasteiger partial charge on any atom is 0.254 e. The van der Waals surface area contributed by atoms with E-state index < -0.39 is 0 Å². The van der Waals surface area contributed by atoms with Gasteiger partial charge in [0.15, 0.2) is 0 Å². The fourth-order valence-electron chi connectivity index (χ4n) is 1.97. The molecule has 1 aromatic carbocycles. The van der Waals surface area contributed by atoms with Crippen molar-refractivity contribution in [1.29, 1.82) is 0 Å². The first-order valence-corrected chi connectivity index (χ1v) is 6.27. The zero-order chi connectivity index (χ0) is 12.4. The second kappa shape index (κ2) is 4.96. The van der Waals surface area contributed by atoms with E-state index in [9.17, 15) is 4.79 Å². The highest BCUT2D eigenvalue weighted by molar-refractivity contribution is 7.80. The van der Waals surface area contributed by atoms with Crippen LogP contribution in [0.3, 0.4) is 0 Å². The fourth-order valence-corrected chi connectivity index (χ4v) is 2.17. The largest absolute Gasteiger partial charge is 0.335 e. The van der Waals surface area contributed by atoms with Gasteiger partial charge in [-0.25, -0.2) is 0 Å². The second-order valence-electron chi connectivity index (χ2n) is 4.55. The molecule has 2 nitrogen and oxygen atoms in total. The number of hydrogen-bond donors (Lipinski definition) is 1. The predicted molar refractivity (Wildman–Crippen MR) is 72.7 cm³/mol. The molecule has 3 heteroatoms. The molecule has 0 unspecified atom stereocenters. The SMILES string of the molecule is CC1=CCN(C(=O)c2cc(S)ccc2C)CC1. The molecule has 0 N–H and O–H groups in total. The summed E-state index contributed by atoms with van der Waals surface area (Å²) in [5, 5.41) is 0. The van der Waals surface area contributed by atoms with Gasteiger partial charge < -0.3 is 4.90 Å². The van der Waals surface area contributed by atoms with Gasteiger partial charge in [-0.05, 0) is 38.0 Å². The van der Waals surface area contributed by atoms with Crippen LogP contribution in [0, 0.1) is 6.92 Å². The van der Waals surface area contributed by atoms with Crippen molar-refractivity contribution < 1.29 is 4.79 Å². The Morgan fingerprint density at radius 2 is 2.12 bits per heavy atom. The average Bonchev–Trinajstić information content (AvgIpc) is 2.32. The van der Waals surface area contributed by atoms with Crippen LogP contribution in [-0.4, -0.2) is 23.9 Å². The fraction of sp³-hybridized carbons (Fsp3) is 0.357. The van der Waals surface area contributed by atoms with Crippen molar-refractivity contribution in [3.8, 4) is 0 Å². The van der Waals surface area contributed by atoms with Gasteiger partial charge in [0.2, 0.25) is 0 Å². The number of carbonyl (C=O) groups is 1. The average molecular weight is 247 g/mol. The van der Waals surface area contributed by atoms with Crippen LogP contribution in [0.5, 0.6) is 0 Å². The zero-order valence-electron chi connectivity index (χ0n) is 10.2. The minimum Gasteiger partial charge on any atom is -0.335 e. The first-order valence-electron chi connectivity index (χ1n) is 5.82. The van der Waals surface area contributed by atoms with E-state index in [2.05, 4.69) is 25.6 Å². The minimum absolute atomic E-state index is 0.113. The minimum atomic E-state index is 0.113. The third-order valence-corrected chi connectivity index (χ3v) is 3.45. The molecule has 0 saturated carbocycles. The van der Waals surface area contributed by atoms with Crippen molar-refractivity contribution in [1.82, 2.24) is 4.90 Å². The maximum atomic E-state index is 12.3. The summed E-state index contributed by atoms with van der Waals surface area (Å²) in [4.78, 5) is 15.1. The summed E-state index contributed by atoms with van der Waals surface area (Å²) in [7, 11) is 0. The van der Waals surface area contributed by atoms with Gasteiger partial charge in [0.05, 0.1) is 0 Å². The molecule has 90 valence electrons. The van der Waals surface area contributed by atoms with Crippen LogP contribution in [-0.2, 0) is 0 Å².